The number of rotatable bonds is 2. The first-order chi connectivity index (χ1) is 8.04. The summed E-state index contributed by atoms with van der Waals surface area (Å²) in [6, 6.07) is 0. The van der Waals surface area contributed by atoms with Crippen molar-refractivity contribution in [3.8, 4) is 0 Å². The SMILES string of the molecule is C=C(CO)C1CC(O)C(=C)C2CC=C(C)C2C1. The maximum absolute atomic E-state index is 10.2. The molecule has 0 aromatic rings. The fourth-order valence-corrected chi connectivity index (χ4v) is 3.24. The molecule has 2 nitrogen and oxygen atoms in total. The highest BCUT2D eigenvalue weighted by atomic mass is 16.3. The Morgan fingerprint density at radius 3 is 2.76 bits per heavy atom. The summed E-state index contributed by atoms with van der Waals surface area (Å²) in [5, 5.41) is 19.4. The molecule has 0 aliphatic heterocycles. The van der Waals surface area contributed by atoms with Crippen LogP contribution >= 0.6 is 0 Å². The molecule has 0 heterocycles. The van der Waals surface area contributed by atoms with Crippen molar-refractivity contribution in [1.29, 1.82) is 0 Å². The second kappa shape index (κ2) is 4.79. The molecule has 2 heteroatoms. The first-order valence-corrected chi connectivity index (χ1v) is 6.36. The van der Waals surface area contributed by atoms with Crippen LogP contribution in [0, 0.1) is 17.8 Å². The molecule has 0 spiro atoms. The number of hydrogen-bond donors (Lipinski definition) is 2. The molecule has 0 saturated heterocycles. The van der Waals surface area contributed by atoms with Gasteiger partial charge in [-0.15, -0.1) is 0 Å². The third kappa shape index (κ3) is 2.24. The van der Waals surface area contributed by atoms with E-state index < -0.39 is 6.10 Å². The van der Waals surface area contributed by atoms with E-state index >= 15 is 0 Å². The van der Waals surface area contributed by atoms with Gasteiger partial charge in [-0.25, -0.2) is 0 Å². The van der Waals surface area contributed by atoms with E-state index in [1.54, 1.807) is 0 Å². The zero-order chi connectivity index (χ0) is 12.6. The van der Waals surface area contributed by atoms with Gasteiger partial charge >= 0.3 is 0 Å². The predicted molar refractivity (Wildman–Crippen MR) is 69.5 cm³/mol. The van der Waals surface area contributed by atoms with E-state index in [0.717, 1.165) is 24.0 Å². The Hall–Kier alpha value is -0.860. The molecule has 4 atom stereocenters. The molecular formula is C15H22O2. The van der Waals surface area contributed by atoms with Crippen molar-refractivity contribution in [2.75, 3.05) is 6.61 Å². The monoisotopic (exact) mass is 234 g/mol. The fourth-order valence-electron chi connectivity index (χ4n) is 3.24. The van der Waals surface area contributed by atoms with Gasteiger partial charge < -0.3 is 10.2 Å². The van der Waals surface area contributed by atoms with Crippen molar-refractivity contribution in [2.45, 2.75) is 32.3 Å². The van der Waals surface area contributed by atoms with Gasteiger partial charge in [-0.05, 0) is 55.1 Å². The van der Waals surface area contributed by atoms with Crippen LogP contribution < -0.4 is 0 Å². The standard InChI is InChI=1S/C15H22O2/c1-9-4-5-13-11(3)15(17)7-12(6-14(9)13)10(2)8-16/h4,12-17H,2-3,5-8H2,1H3. The summed E-state index contributed by atoms with van der Waals surface area (Å²) in [7, 11) is 0. The van der Waals surface area contributed by atoms with E-state index in [0.29, 0.717) is 18.3 Å². The van der Waals surface area contributed by atoms with Gasteiger partial charge in [0.1, 0.15) is 0 Å². The van der Waals surface area contributed by atoms with Crippen molar-refractivity contribution < 1.29 is 10.2 Å². The minimum Gasteiger partial charge on any atom is -0.392 e. The van der Waals surface area contributed by atoms with Gasteiger partial charge in [0.2, 0.25) is 0 Å². The van der Waals surface area contributed by atoms with Crippen LogP contribution in [0.3, 0.4) is 0 Å². The Morgan fingerprint density at radius 2 is 2.12 bits per heavy atom. The quantitative estimate of drug-likeness (QED) is 0.720. The van der Waals surface area contributed by atoms with Crippen LogP contribution in [0.4, 0.5) is 0 Å². The van der Waals surface area contributed by atoms with E-state index in [1.165, 1.54) is 5.57 Å². The lowest BCUT2D eigenvalue weighted by molar-refractivity contribution is 0.178. The third-order valence-electron chi connectivity index (χ3n) is 4.50. The fraction of sp³-hybridized carbons (Fsp3) is 0.600. The molecule has 0 aromatic heterocycles. The molecule has 2 rings (SSSR count). The van der Waals surface area contributed by atoms with E-state index in [9.17, 15) is 10.2 Å². The minimum absolute atomic E-state index is 0.0179. The average molecular weight is 234 g/mol. The molecule has 17 heavy (non-hydrogen) atoms. The van der Waals surface area contributed by atoms with Gasteiger partial charge in [0.15, 0.2) is 0 Å². The second-order valence-corrected chi connectivity index (χ2v) is 5.47. The second-order valence-electron chi connectivity index (χ2n) is 5.47. The maximum atomic E-state index is 10.2. The third-order valence-corrected chi connectivity index (χ3v) is 4.50. The number of hydrogen-bond acceptors (Lipinski definition) is 2. The van der Waals surface area contributed by atoms with Crippen LogP contribution in [0.15, 0.2) is 36.0 Å². The molecular weight excluding hydrogens is 212 g/mol. The van der Waals surface area contributed by atoms with Gasteiger partial charge in [-0.1, -0.05) is 24.8 Å². The Kier molecular flexibility index (Phi) is 3.55. The van der Waals surface area contributed by atoms with E-state index in [-0.39, 0.29) is 12.5 Å². The summed E-state index contributed by atoms with van der Waals surface area (Å²) in [6.07, 6.45) is 4.47. The summed E-state index contributed by atoms with van der Waals surface area (Å²) in [6.45, 7) is 10.2. The maximum Gasteiger partial charge on any atom is 0.0756 e. The summed E-state index contributed by atoms with van der Waals surface area (Å²) in [4.78, 5) is 0. The Morgan fingerprint density at radius 1 is 1.41 bits per heavy atom. The zero-order valence-electron chi connectivity index (χ0n) is 10.5. The summed E-state index contributed by atoms with van der Waals surface area (Å²) in [5.41, 5.74) is 3.22. The first-order valence-electron chi connectivity index (χ1n) is 6.36. The molecule has 2 N–H and O–H groups in total. The average Bonchev–Trinajstić information content (AvgIpc) is 2.61. The van der Waals surface area contributed by atoms with Crippen LogP contribution in [0.25, 0.3) is 0 Å². The largest absolute Gasteiger partial charge is 0.392 e. The Balaban J connectivity index is 2.23. The number of fused-ring (bicyclic) bond motifs is 1. The molecule has 4 unspecified atom stereocenters. The van der Waals surface area contributed by atoms with E-state index in [2.05, 4.69) is 26.2 Å². The van der Waals surface area contributed by atoms with Gasteiger partial charge in [-0.3, -0.25) is 0 Å². The number of allylic oxidation sites excluding steroid dienone is 2. The predicted octanol–water partition coefficient (Wildman–Crippen LogP) is 2.44. The summed E-state index contributed by atoms with van der Waals surface area (Å²) < 4.78 is 0. The molecule has 0 aromatic carbocycles. The minimum atomic E-state index is -0.447. The van der Waals surface area contributed by atoms with Crippen LogP contribution in [-0.2, 0) is 0 Å². The van der Waals surface area contributed by atoms with Crippen molar-refractivity contribution >= 4 is 0 Å². The Bertz CT molecular complexity index is 367. The summed E-state index contributed by atoms with van der Waals surface area (Å²) in [5.74, 6) is 1.08. The van der Waals surface area contributed by atoms with Crippen molar-refractivity contribution in [2.24, 2.45) is 17.8 Å². The lowest BCUT2D eigenvalue weighted by Gasteiger charge is -2.23. The van der Waals surface area contributed by atoms with Gasteiger partial charge in [0, 0.05) is 0 Å². The van der Waals surface area contributed by atoms with Crippen LogP contribution in [0.1, 0.15) is 26.2 Å². The van der Waals surface area contributed by atoms with Crippen molar-refractivity contribution in [1.82, 2.24) is 0 Å². The number of aliphatic hydroxyl groups is 2. The topological polar surface area (TPSA) is 40.5 Å². The van der Waals surface area contributed by atoms with Gasteiger partial charge in [0.05, 0.1) is 12.7 Å². The highest BCUT2D eigenvalue weighted by molar-refractivity contribution is 5.26. The van der Waals surface area contributed by atoms with E-state index in [4.69, 9.17) is 0 Å². The molecule has 94 valence electrons. The van der Waals surface area contributed by atoms with Crippen LogP contribution in [0.5, 0.6) is 0 Å². The molecule has 0 radical (unpaired) electrons. The van der Waals surface area contributed by atoms with Crippen LogP contribution in [-0.4, -0.2) is 22.9 Å². The zero-order valence-corrected chi connectivity index (χ0v) is 10.5. The Labute approximate surface area is 103 Å². The lowest BCUT2D eigenvalue weighted by atomic mass is 9.82. The molecule has 1 saturated carbocycles. The van der Waals surface area contributed by atoms with Crippen LogP contribution in [0.2, 0.25) is 0 Å². The lowest BCUT2D eigenvalue weighted by Crippen LogP contribution is -2.17. The van der Waals surface area contributed by atoms with Gasteiger partial charge in [-0.2, -0.15) is 0 Å². The van der Waals surface area contributed by atoms with Crippen molar-refractivity contribution in [3.05, 3.63) is 36.0 Å². The first kappa shape index (κ1) is 12.6. The molecule has 0 bridgehead atoms. The number of aliphatic hydroxyl groups excluding tert-OH is 2. The highest BCUT2D eigenvalue weighted by Crippen LogP contribution is 2.46. The molecule has 1 fully saturated rings. The van der Waals surface area contributed by atoms with E-state index in [1.807, 2.05) is 0 Å². The van der Waals surface area contributed by atoms with Gasteiger partial charge in [0.25, 0.3) is 0 Å². The smallest absolute Gasteiger partial charge is 0.0756 e. The summed E-state index contributed by atoms with van der Waals surface area (Å²) >= 11 is 0. The molecule has 2 aliphatic rings. The molecule has 2 aliphatic carbocycles. The highest BCUT2D eigenvalue weighted by Gasteiger charge is 2.38. The molecule has 0 amide bonds. The normalized spacial score (nSPS) is 37.4. The van der Waals surface area contributed by atoms with Crippen molar-refractivity contribution in [3.63, 3.8) is 0 Å².